The molecule has 32 heavy (non-hydrogen) atoms. The van der Waals surface area contributed by atoms with E-state index in [1.807, 2.05) is 18.2 Å². The van der Waals surface area contributed by atoms with Crippen molar-refractivity contribution in [2.45, 2.75) is 18.5 Å². The van der Waals surface area contributed by atoms with Crippen LogP contribution in [-0.4, -0.2) is 53.0 Å². The van der Waals surface area contributed by atoms with Crippen LogP contribution in [-0.2, 0) is 4.79 Å². The zero-order valence-electron chi connectivity index (χ0n) is 17.4. The molecule has 2 aliphatic rings. The van der Waals surface area contributed by atoms with E-state index in [0.29, 0.717) is 24.2 Å². The number of carbonyl (C=O) groups excluding carboxylic acids is 3. The van der Waals surface area contributed by atoms with Crippen LogP contribution in [0, 0.1) is 0 Å². The minimum Gasteiger partial charge on any atom is -0.508 e. The fourth-order valence-corrected chi connectivity index (χ4v) is 3.91. The monoisotopic (exact) mass is 432 g/mol. The van der Waals surface area contributed by atoms with Crippen LogP contribution in [0.2, 0.25) is 0 Å². The summed E-state index contributed by atoms with van der Waals surface area (Å²) in [5, 5.41) is 17.7. The lowest BCUT2D eigenvalue weighted by Crippen LogP contribution is -2.44. The third kappa shape index (κ3) is 4.49. The molecule has 8 heteroatoms. The first-order valence-corrected chi connectivity index (χ1v) is 10.3. The van der Waals surface area contributed by atoms with Gasteiger partial charge in [0.2, 0.25) is 5.91 Å². The topological polar surface area (TPSA) is 111 Å². The van der Waals surface area contributed by atoms with E-state index in [0.717, 1.165) is 11.1 Å². The van der Waals surface area contributed by atoms with Crippen LogP contribution in [0.1, 0.15) is 27.9 Å². The van der Waals surface area contributed by atoms with E-state index in [1.54, 1.807) is 42.5 Å². The SMILES string of the molecule is C=CCNC(=O)N[C@@H]1C[C@@H]2C(=O)Nc3ccc(C=Cc4ccc(O)cc4)cc3C(=O)N2C1. The Kier molecular flexibility index (Phi) is 5.93. The molecule has 2 aliphatic heterocycles. The molecule has 0 bridgehead atoms. The standard InChI is InChI=1S/C24H24N4O4/c1-2-11-25-24(32)26-17-13-21-22(30)27-20-10-7-16(12-19(20)23(31)28(21)14-17)4-3-15-5-8-18(29)9-6-15/h2-10,12,17,21,29H,1,11,13-14H2,(H,27,30)(H2,25,26,32)/t17-,21-/m1/s1. The molecule has 164 valence electrons. The van der Waals surface area contributed by atoms with Crippen molar-refractivity contribution in [2.24, 2.45) is 0 Å². The van der Waals surface area contributed by atoms with Crippen molar-refractivity contribution in [3.8, 4) is 5.75 Å². The zero-order valence-corrected chi connectivity index (χ0v) is 17.4. The Labute approximate surface area is 185 Å². The predicted molar refractivity (Wildman–Crippen MR) is 122 cm³/mol. The Bertz CT molecular complexity index is 1090. The molecule has 2 atom stereocenters. The van der Waals surface area contributed by atoms with Crippen LogP contribution in [0.5, 0.6) is 5.75 Å². The van der Waals surface area contributed by atoms with Crippen molar-refractivity contribution in [2.75, 3.05) is 18.4 Å². The van der Waals surface area contributed by atoms with Crippen molar-refractivity contribution in [1.82, 2.24) is 15.5 Å². The van der Waals surface area contributed by atoms with Gasteiger partial charge in [-0.15, -0.1) is 6.58 Å². The van der Waals surface area contributed by atoms with E-state index in [2.05, 4.69) is 22.5 Å². The maximum Gasteiger partial charge on any atom is 0.315 e. The largest absolute Gasteiger partial charge is 0.508 e. The number of rotatable bonds is 5. The number of phenolic OH excluding ortho intramolecular Hbond substituents is 1. The summed E-state index contributed by atoms with van der Waals surface area (Å²) in [6.45, 7) is 4.14. The maximum atomic E-state index is 13.3. The normalized spacial score (nSPS) is 19.7. The average Bonchev–Trinajstić information content (AvgIpc) is 3.17. The molecule has 2 aromatic carbocycles. The van der Waals surface area contributed by atoms with Crippen LogP contribution in [0.3, 0.4) is 0 Å². The van der Waals surface area contributed by atoms with Crippen LogP contribution in [0.25, 0.3) is 12.2 Å². The minimum absolute atomic E-state index is 0.194. The number of hydrogen-bond donors (Lipinski definition) is 4. The van der Waals surface area contributed by atoms with Gasteiger partial charge in [-0.3, -0.25) is 9.59 Å². The number of nitrogens with zero attached hydrogens (tertiary/aromatic N) is 1. The van der Waals surface area contributed by atoms with E-state index in [1.165, 1.54) is 4.90 Å². The maximum absolute atomic E-state index is 13.3. The molecule has 0 aliphatic carbocycles. The summed E-state index contributed by atoms with van der Waals surface area (Å²) in [5.41, 5.74) is 2.59. The van der Waals surface area contributed by atoms with Crippen LogP contribution in [0.4, 0.5) is 10.5 Å². The van der Waals surface area contributed by atoms with Crippen molar-refractivity contribution in [3.05, 3.63) is 71.8 Å². The summed E-state index contributed by atoms with van der Waals surface area (Å²) in [4.78, 5) is 39.5. The molecule has 0 unspecified atom stereocenters. The fourth-order valence-electron chi connectivity index (χ4n) is 3.91. The Hall–Kier alpha value is -4.07. The van der Waals surface area contributed by atoms with Crippen LogP contribution < -0.4 is 16.0 Å². The molecule has 4 amide bonds. The van der Waals surface area contributed by atoms with Crippen LogP contribution >= 0.6 is 0 Å². The molecule has 0 radical (unpaired) electrons. The van der Waals surface area contributed by atoms with Gasteiger partial charge in [-0.1, -0.05) is 36.4 Å². The van der Waals surface area contributed by atoms with Crippen molar-refractivity contribution < 1.29 is 19.5 Å². The first kappa shape index (κ1) is 21.2. The summed E-state index contributed by atoms with van der Waals surface area (Å²) in [6.07, 6.45) is 5.66. The van der Waals surface area contributed by atoms with Gasteiger partial charge in [0.15, 0.2) is 0 Å². The second kappa shape index (κ2) is 8.97. The summed E-state index contributed by atoms with van der Waals surface area (Å²) >= 11 is 0. The Morgan fingerprint density at radius 2 is 1.88 bits per heavy atom. The molecule has 1 fully saturated rings. The van der Waals surface area contributed by atoms with Gasteiger partial charge in [0.25, 0.3) is 5.91 Å². The third-order valence-electron chi connectivity index (χ3n) is 5.50. The lowest BCUT2D eigenvalue weighted by molar-refractivity contribution is -0.119. The molecule has 0 saturated carbocycles. The molecular weight excluding hydrogens is 408 g/mol. The molecule has 0 spiro atoms. The van der Waals surface area contributed by atoms with Gasteiger partial charge in [0.05, 0.1) is 17.3 Å². The van der Waals surface area contributed by atoms with E-state index in [-0.39, 0.29) is 36.2 Å². The van der Waals surface area contributed by atoms with Crippen LogP contribution in [0.15, 0.2) is 55.1 Å². The molecule has 8 nitrogen and oxygen atoms in total. The highest BCUT2D eigenvalue weighted by Gasteiger charge is 2.43. The first-order chi connectivity index (χ1) is 15.4. The molecule has 4 N–H and O–H groups in total. The highest BCUT2D eigenvalue weighted by Crippen LogP contribution is 2.30. The molecule has 1 saturated heterocycles. The smallest absolute Gasteiger partial charge is 0.315 e. The fraction of sp³-hybridized carbons (Fsp3) is 0.208. The van der Waals surface area contributed by atoms with Gasteiger partial charge >= 0.3 is 6.03 Å². The van der Waals surface area contributed by atoms with E-state index < -0.39 is 6.04 Å². The summed E-state index contributed by atoms with van der Waals surface area (Å²) < 4.78 is 0. The van der Waals surface area contributed by atoms with E-state index >= 15 is 0 Å². The van der Waals surface area contributed by atoms with Gasteiger partial charge in [0.1, 0.15) is 11.8 Å². The number of amides is 4. The van der Waals surface area contributed by atoms with Gasteiger partial charge in [-0.2, -0.15) is 0 Å². The molecule has 2 heterocycles. The number of phenols is 1. The zero-order chi connectivity index (χ0) is 22.7. The number of aromatic hydroxyl groups is 1. The lowest BCUT2D eigenvalue weighted by Gasteiger charge is -2.20. The number of hydrogen-bond acceptors (Lipinski definition) is 4. The minimum atomic E-state index is -0.643. The highest BCUT2D eigenvalue weighted by atomic mass is 16.3. The Morgan fingerprint density at radius 3 is 2.62 bits per heavy atom. The summed E-state index contributed by atoms with van der Waals surface area (Å²) in [5.74, 6) is -0.320. The number of urea groups is 1. The molecule has 4 rings (SSSR count). The van der Waals surface area contributed by atoms with Gasteiger partial charge in [-0.25, -0.2) is 4.79 Å². The van der Waals surface area contributed by atoms with E-state index in [4.69, 9.17) is 0 Å². The summed E-state index contributed by atoms with van der Waals surface area (Å²) in [7, 11) is 0. The Balaban J connectivity index is 1.52. The van der Waals surface area contributed by atoms with E-state index in [9.17, 15) is 19.5 Å². The number of nitrogens with one attached hydrogen (secondary N) is 3. The van der Waals surface area contributed by atoms with Gasteiger partial charge < -0.3 is 26.0 Å². The van der Waals surface area contributed by atoms with Gasteiger partial charge in [0, 0.05) is 13.1 Å². The first-order valence-electron chi connectivity index (χ1n) is 10.3. The molecule has 2 aromatic rings. The number of carbonyl (C=O) groups is 3. The lowest BCUT2D eigenvalue weighted by atomic mass is 10.1. The second-order valence-electron chi connectivity index (χ2n) is 7.77. The average molecular weight is 432 g/mol. The Morgan fingerprint density at radius 1 is 1.16 bits per heavy atom. The molecular formula is C24H24N4O4. The number of benzene rings is 2. The quantitative estimate of drug-likeness (QED) is 0.430. The molecule has 0 aromatic heterocycles. The third-order valence-corrected chi connectivity index (χ3v) is 5.50. The van der Waals surface area contributed by atoms with Crippen molar-refractivity contribution in [3.63, 3.8) is 0 Å². The number of fused-ring (bicyclic) bond motifs is 2. The van der Waals surface area contributed by atoms with Gasteiger partial charge in [-0.05, 0) is 41.8 Å². The highest BCUT2D eigenvalue weighted by molar-refractivity contribution is 6.10. The van der Waals surface area contributed by atoms with Crippen molar-refractivity contribution >= 4 is 35.7 Å². The van der Waals surface area contributed by atoms with Crippen molar-refractivity contribution in [1.29, 1.82) is 0 Å². The second-order valence-corrected chi connectivity index (χ2v) is 7.77. The summed E-state index contributed by atoms with van der Waals surface area (Å²) in [6, 6.07) is 10.8. The number of anilines is 1. The predicted octanol–water partition coefficient (Wildman–Crippen LogP) is 2.58.